The molecule has 2 amide bonds. The van der Waals surface area contributed by atoms with Crippen molar-refractivity contribution in [3.63, 3.8) is 0 Å². The van der Waals surface area contributed by atoms with Gasteiger partial charge >= 0.3 is 0 Å². The largest absolute Gasteiger partial charge is 0.497 e. The van der Waals surface area contributed by atoms with Crippen LogP contribution in [0.2, 0.25) is 5.02 Å². The fraction of sp³-hybridized carbons (Fsp3) is 0.378. The molecule has 1 unspecified atom stereocenters. The Hall–Kier alpha value is -4.36. The van der Waals surface area contributed by atoms with E-state index < -0.39 is 12.3 Å². The second-order valence-electron chi connectivity index (χ2n) is 12.9. The molecule has 1 N–H and O–H groups in total. The van der Waals surface area contributed by atoms with Gasteiger partial charge in [-0.3, -0.25) is 24.0 Å². The average Bonchev–Trinajstić information content (AvgIpc) is 3.61. The van der Waals surface area contributed by atoms with Gasteiger partial charge in [-0.15, -0.1) is 21.5 Å². The molecular formula is C37H40ClN7O4S. The summed E-state index contributed by atoms with van der Waals surface area (Å²) in [4.78, 5) is 38.2. The zero-order chi connectivity index (χ0) is 35.1. The van der Waals surface area contributed by atoms with Gasteiger partial charge < -0.3 is 19.6 Å². The fourth-order valence-electron chi connectivity index (χ4n) is 7.01. The Labute approximate surface area is 300 Å². The summed E-state index contributed by atoms with van der Waals surface area (Å²) in [6.07, 6.45) is 3.92. The number of hydrogen-bond acceptors (Lipinski definition) is 9. The van der Waals surface area contributed by atoms with E-state index in [1.807, 2.05) is 54.3 Å². The van der Waals surface area contributed by atoms with E-state index in [0.717, 1.165) is 63.1 Å². The monoisotopic (exact) mass is 713 g/mol. The van der Waals surface area contributed by atoms with Gasteiger partial charge in [-0.25, -0.2) is 0 Å². The summed E-state index contributed by atoms with van der Waals surface area (Å²) in [6.45, 7) is 8.57. The maximum atomic E-state index is 13.1. The molecule has 0 saturated carbocycles. The van der Waals surface area contributed by atoms with Crippen molar-refractivity contribution in [2.75, 3.05) is 44.7 Å². The Balaban J connectivity index is 1.04. The van der Waals surface area contributed by atoms with Gasteiger partial charge in [-0.1, -0.05) is 23.7 Å². The number of carbonyl (C=O) groups excluding carboxylic acids is 2. The SMILES string of the molecule is COc1ccc2c(c1)CCCN2C(=O)/C=C/C(=O)N1CCN(C(O)C[C@@H]2N=C(c3ccc(Cl)cc3)c3c(sc(C)c3C)-n3c(C)nnc32)CC1. The first-order valence-electron chi connectivity index (χ1n) is 16.9. The summed E-state index contributed by atoms with van der Waals surface area (Å²) in [5.41, 5.74) is 5.89. The third-order valence-corrected chi connectivity index (χ3v) is 11.3. The van der Waals surface area contributed by atoms with Crippen LogP contribution in [0.3, 0.4) is 0 Å². The summed E-state index contributed by atoms with van der Waals surface area (Å²) >= 11 is 7.94. The lowest BCUT2D eigenvalue weighted by molar-refractivity contribution is -0.130. The molecule has 7 rings (SSSR count). The Morgan fingerprint density at radius 2 is 1.76 bits per heavy atom. The van der Waals surface area contributed by atoms with E-state index in [-0.39, 0.29) is 11.8 Å². The molecule has 5 heterocycles. The Morgan fingerprint density at radius 3 is 2.50 bits per heavy atom. The van der Waals surface area contributed by atoms with E-state index in [4.69, 9.17) is 21.3 Å². The number of ether oxygens (including phenoxy) is 1. The number of aliphatic imine (C=N–C) groups is 1. The number of anilines is 1. The molecule has 2 atom stereocenters. The second-order valence-corrected chi connectivity index (χ2v) is 14.5. The molecule has 0 spiro atoms. The topological polar surface area (TPSA) is 116 Å². The summed E-state index contributed by atoms with van der Waals surface area (Å²) < 4.78 is 7.42. The number of carbonyl (C=O) groups is 2. The molecule has 4 aromatic rings. The zero-order valence-corrected chi connectivity index (χ0v) is 30.2. The molecular weight excluding hydrogens is 674 g/mol. The lowest BCUT2D eigenvalue weighted by Crippen LogP contribution is -2.52. The number of piperazine rings is 1. The Bertz CT molecular complexity index is 1990. The molecule has 0 radical (unpaired) electrons. The lowest BCUT2D eigenvalue weighted by Gasteiger charge is -2.37. The van der Waals surface area contributed by atoms with E-state index >= 15 is 0 Å². The van der Waals surface area contributed by atoms with Crippen LogP contribution in [-0.2, 0) is 16.0 Å². The number of hydrogen-bond donors (Lipinski definition) is 1. The molecule has 2 aromatic heterocycles. The van der Waals surface area contributed by atoms with Crippen molar-refractivity contribution in [1.29, 1.82) is 0 Å². The Morgan fingerprint density at radius 1 is 1.02 bits per heavy atom. The first-order valence-corrected chi connectivity index (χ1v) is 18.1. The number of aryl methyl sites for hydroxylation is 3. The van der Waals surface area contributed by atoms with Crippen LogP contribution in [0.5, 0.6) is 5.75 Å². The number of aromatic nitrogens is 3. The van der Waals surface area contributed by atoms with Crippen LogP contribution in [0.15, 0.2) is 59.6 Å². The minimum atomic E-state index is -0.827. The van der Waals surface area contributed by atoms with Crippen LogP contribution in [0.1, 0.15) is 57.7 Å². The van der Waals surface area contributed by atoms with Gasteiger partial charge in [0.05, 0.1) is 12.8 Å². The number of methoxy groups -OCH3 is 1. The zero-order valence-electron chi connectivity index (χ0n) is 28.6. The van der Waals surface area contributed by atoms with E-state index in [1.165, 1.54) is 17.0 Å². The highest BCUT2D eigenvalue weighted by molar-refractivity contribution is 7.15. The first-order chi connectivity index (χ1) is 24.1. The van der Waals surface area contributed by atoms with E-state index in [0.29, 0.717) is 50.0 Å². The van der Waals surface area contributed by atoms with Crippen molar-refractivity contribution >= 4 is 46.2 Å². The van der Waals surface area contributed by atoms with E-state index in [2.05, 4.69) is 28.6 Å². The van der Waals surface area contributed by atoms with Crippen molar-refractivity contribution in [2.45, 2.75) is 52.3 Å². The van der Waals surface area contributed by atoms with Gasteiger partial charge in [0.1, 0.15) is 28.8 Å². The van der Waals surface area contributed by atoms with E-state index in [1.54, 1.807) is 28.2 Å². The van der Waals surface area contributed by atoms with Crippen molar-refractivity contribution in [3.8, 4) is 10.8 Å². The molecule has 11 nitrogen and oxygen atoms in total. The number of aliphatic hydroxyl groups excluding tert-OH is 1. The predicted octanol–water partition coefficient (Wildman–Crippen LogP) is 5.20. The number of rotatable bonds is 7. The van der Waals surface area contributed by atoms with Crippen LogP contribution < -0.4 is 9.64 Å². The van der Waals surface area contributed by atoms with Crippen LogP contribution in [-0.4, -0.2) is 93.3 Å². The van der Waals surface area contributed by atoms with Crippen LogP contribution >= 0.6 is 22.9 Å². The van der Waals surface area contributed by atoms with Crippen LogP contribution in [0.4, 0.5) is 5.69 Å². The average molecular weight is 714 g/mol. The lowest BCUT2D eigenvalue weighted by atomic mass is 9.99. The summed E-state index contributed by atoms with van der Waals surface area (Å²) in [5, 5.41) is 22.2. The molecule has 50 heavy (non-hydrogen) atoms. The molecule has 2 aromatic carbocycles. The summed E-state index contributed by atoms with van der Waals surface area (Å²) in [5.74, 6) is 1.77. The predicted molar refractivity (Wildman–Crippen MR) is 195 cm³/mol. The normalized spacial score (nSPS) is 18.3. The number of thiophene rings is 1. The summed E-state index contributed by atoms with van der Waals surface area (Å²) in [6, 6.07) is 12.9. The molecule has 3 aliphatic rings. The number of aliphatic hydroxyl groups is 1. The van der Waals surface area contributed by atoms with Crippen molar-refractivity contribution < 1.29 is 19.4 Å². The third kappa shape index (κ3) is 6.48. The molecule has 0 bridgehead atoms. The van der Waals surface area contributed by atoms with Gasteiger partial charge in [0.15, 0.2) is 5.82 Å². The molecule has 0 aliphatic carbocycles. The highest BCUT2D eigenvalue weighted by atomic mass is 35.5. The fourth-order valence-corrected chi connectivity index (χ4v) is 8.35. The quantitative estimate of drug-likeness (QED) is 0.262. The number of benzene rings is 2. The van der Waals surface area contributed by atoms with Crippen LogP contribution in [0.25, 0.3) is 5.00 Å². The molecule has 260 valence electrons. The highest BCUT2D eigenvalue weighted by Gasteiger charge is 2.34. The minimum Gasteiger partial charge on any atom is -0.497 e. The molecule has 13 heteroatoms. The molecule has 1 fully saturated rings. The summed E-state index contributed by atoms with van der Waals surface area (Å²) in [7, 11) is 1.63. The third-order valence-electron chi connectivity index (χ3n) is 9.88. The number of nitrogens with zero attached hydrogens (tertiary/aromatic N) is 7. The van der Waals surface area contributed by atoms with Crippen molar-refractivity contribution in [2.24, 2.45) is 4.99 Å². The molecule has 1 saturated heterocycles. The highest BCUT2D eigenvalue weighted by Crippen LogP contribution is 2.40. The molecule has 3 aliphatic heterocycles. The number of fused-ring (bicyclic) bond motifs is 4. The van der Waals surface area contributed by atoms with Gasteiger partial charge in [-0.2, -0.15) is 0 Å². The van der Waals surface area contributed by atoms with Gasteiger partial charge in [0, 0.05) is 78.0 Å². The first kappa shape index (κ1) is 34.1. The van der Waals surface area contributed by atoms with Crippen molar-refractivity contribution in [3.05, 3.63) is 98.4 Å². The van der Waals surface area contributed by atoms with Gasteiger partial charge in [0.25, 0.3) is 5.91 Å². The maximum absolute atomic E-state index is 13.1. The van der Waals surface area contributed by atoms with Gasteiger partial charge in [-0.05, 0) is 75.1 Å². The Kier molecular flexibility index (Phi) is 9.62. The second kappa shape index (κ2) is 14.1. The van der Waals surface area contributed by atoms with Gasteiger partial charge in [0.2, 0.25) is 5.91 Å². The number of amides is 2. The van der Waals surface area contributed by atoms with E-state index in [9.17, 15) is 14.7 Å². The standard InChI is InChI=1S/C37H40ClN7O4S/c1-22-23(2)50-37-34(22)35(25-7-9-27(38)10-8-25)39-29(36-41-40-24(3)45(36)37)21-33(48)43-18-16-42(17-19-43)31(46)13-14-32(47)44-15-5-6-26-20-28(49-4)11-12-30(26)44/h7-14,20,29,33,48H,5-6,15-19,21H2,1-4H3/b14-13+/t29-,33?/m0/s1. The maximum Gasteiger partial charge on any atom is 0.251 e. The smallest absolute Gasteiger partial charge is 0.251 e. The van der Waals surface area contributed by atoms with Crippen molar-refractivity contribution in [1.82, 2.24) is 24.6 Å². The number of halogens is 1. The van der Waals surface area contributed by atoms with Crippen LogP contribution in [0, 0.1) is 20.8 Å². The minimum absolute atomic E-state index is 0.219.